The number of hydrogen-bond donors (Lipinski definition) is 0. The van der Waals surface area contributed by atoms with E-state index in [4.69, 9.17) is 0 Å². The van der Waals surface area contributed by atoms with Gasteiger partial charge in [-0.25, -0.2) is 0 Å². The van der Waals surface area contributed by atoms with Crippen molar-refractivity contribution in [2.75, 3.05) is 0 Å². The first-order chi connectivity index (χ1) is 36.6. The van der Waals surface area contributed by atoms with E-state index in [0.29, 0.717) is 0 Å². The monoisotopic (exact) mass is 932 g/mol. The van der Waals surface area contributed by atoms with Crippen molar-refractivity contribution in [3.8, 4) is 89.0 Å². The normalized spacial score (nSPS) is 12.5. The van der Waals surface area contributed by atoms with E-state index in [2.05, 4.69) is 244 Å². The molecule has 0 unspecified atom stereocenters. The van der Waals surface area contributed by atoms with Crippen LogP contribution < -0.4 is 0 Å². The molecule has 0 bridgehead atoms. The lowest BCUT2D eigenvalue weighted by molar-refractivity contribution is 1.47. The van der Waals surface area contributed by atoms with E-state index in [9.17, 15) is 0 Å². The second-order valence-corrected chi connectivity index (χ2v) is 20.9. The van der Waals surface area contributed by atoms with Gasteiger partial charge in [0, 0.05) is 0 Å². The highest BCUT2D eigenvalue weighted by molar-refractivity contribution is 6.42. The van der Waals surface area contributed by atoms with Gasteiger partial charge in [0.1, 0.15) is 0 Å². The van der Waals surface area contributed by atoms with E-state index in [1.807, 2.05) is 0 Å². The van der Waals surface area contributed by atoms with E-state index in [0.717, 1.165) is 0 Å². The molecule has 17 rings (SSSR count). The molecule has 0 heterocycles. The summed E-state index contributed by atoms with van der Waals surface area (Å²) in [5.41, 5.74) is 23.6. The minimum absolute atomic E-state index is 1.25. The van der Waals surface area contributed by atoms with E-state index in [-0.39, 0.29) is 0 Å². The summed E-state index contributed by atoms with van der Waals surface area (Å²) in [6.07, 6.45) is 0. The average molecular weight is 933 g/mol. The number of rotatable bonds is 4. The molecular formula is C74H44. The Morgan fingerprint density at radius 2 is 0.432 bits per heavy atom. The van der Waals surface area contributed by atoms with Gasteiger partial charge in [0.2, 0.25) is 0 Å². The molecule has 340 valence electrons. The van der Waals surface area contributed by atoms with Crippen molar-refractivity contribution < 1.29 is 0 Å². The Balaban J connectivity index is 1.02. The molecule has 0 saturated heterocycles. The molecule has 0 saturated carbocycles. The van der Waals surface area contributed by atoms with Gasteiger partial charge in [-0.15, -0.1) is 0 Å². The SMILES string of the molecule is Cc1ccccc1-c1c2c(c(-c3cccc4ccccc34)c3ccccc13)-c1ccc3c4ccc5c6c(ccc(c7ccc-2c1c73)c64)-c1c-5c(-c2ccccc2C)c2ccccc2c1-c1cccc2ccccc12. The molecule has 0 N–H and O–H groups in total. The summed E-state index contributed by atoms with van der Waals surface area (Å²) < 4.78 is 0. The van der Waals surface area contributed by atoms with Crippen molar-refractivity contribution in [1.82, 2.24) is 0 Å². The molecule has 0 heteroatoms. The maximum Gasteiger partial charge on any atom is -0.000718 e. The number of aryl methyl sites for hydroxylation is 2. The molecule has 0 spiro atoms. The van der Waals surface area contributed by atoms with Crippen molar-refractivity contribution in [3.63, 3.8) is 0 Å². The van der Waals surface area contributed by atoms with Crippen molar-refractivity contribution in [2.45, 2.75) is 13.8 Å². The topological polar surface area (TPSA) is 0 Å². The third-order valence-electron chi connectivity index (χ3n) is 17.4. The van der Waals surface area contributed by atoms with Gasteiger partial charge in [-0.2, -0.15) is 0 Å². The van der Waals surface area contributed by atoms with Crippen molar-refractivity contribution >= 4 is 86.2 Å². The Labute approximate surface area is 428 Å². The summed E-state index contributed by atoms with van der Waals surface area (Å²) in [4.78, 5) is 0. The maximum absolute atomic E-state index is 2.48. The fourth-order valence-electron chi connectivity index (χ4n) is 14.4. The van der Waals surface area contributed by atoms with E-state index in [1.165, 1.54) is 186 Å². The largest absolute Gasteiger partial charge is 0.0620 e. The summed E-state index contributed by atoms with van der Waals surface area (Å²) in [5.74, 6) is 0. The van der Waals surface area contributed by atoms with Gasteiger partial charge in [-0.05, 0) is 200 Å². The molecule has 0 fully saturated rings. The fourth-order valence-corrected chi connectivity index (χ4v) is 14.4. The second kappa shape index (κ2) is 14.6. The lowest BCUT2D eigenvalue weighted by Crippen LogP contribution is -1.95. The molecule has 0 nitrogen and oxygen atoms in total. The zero-order chi connectivity index (χ0) is 48.5. The molecule has 74 heavy (non-hydrogen) atoms. The van der Waals surface area contributed by atoms with Crippen LogP contribution >= 0.6 is 0 Å². The Kier molecular flexibility index (Phi) is 7.96. The molecular weight excluding hydrogens is 889 g/mol. The molecule has 15 aromatic carbocycles. The van der Waals surface area contributed by atoms with Crippen LogP contribution in [0.2, 0.25) is 0 Å². The average Bonchev–Trinajstić information content (AvgIpc) is 4.12. The first kappa shape index (κ1) is 40.3. The minimum Gasteiger partial charge on any atom is -0.0620 e. The fraction of sp³-hybridized carbons (Fsp3) is 0.0270. The Hall–Kier alpha value is -9.36. The van der Waals surface area contributed by atoms with Gasteiger partial charge in [0.15, 0.2) is 0 Å². The third kappa shape index (κ3) is 5.07. The Morgan fingerprint density at radius 1 is 0.162 bits per heavy atom. The summed E-state index contributed by atoms with van der Waals surface area (Å²) >= 11 is 0. The maximum atomic E-state index is 2.48. The smallest absolute Gasteiger partial charge is 0.000718 e. The van der Waals surface area contributed by atoms with Crippen LogP contribution in [-0.2, 0) is 0 Å². The Morgan fingerprint density at radius 3 is 0.784 bits per heavy atom. The first-order valence-electron chi connectivity index (χ1n) is 26.1. The molecule has 2 aliphatic carbocycles. The predicted octanol–water partition coefficient (Wildman–Crippen LogP) is 20.9. The quantitative estimate of drug-likeness (QED) is 0.122. The molecule has 0 aromatic heterocycles. The minimum atomic E-state index is 1.25. The summed E-state index contributed by atoms with van der Waals surface area (Å²) in [6.45, 7) is 4.55. The van der Waals surface area contributed by atoms with Crippen LogP contribution in [0.1, 0.15) is 11.1 Å². The number of hydrogen-bond acceptors (Lipinski definition) is 0. The molecule has 0 amide bonds. The zero-order valence-electron chi connectivity index (χ0n) is 40.9. The van der Waals surface area contributed by atoms with Gasteiger partial charge in [-0.1, -0.05) is 231 Å². The summed E-state index contributed by atoms with van der Waals surface area (Å²) in [7, 11) is 0. The Bertz CT molecular complexity index is 4680. The lowest BCUT2D eigenvalue weighted by Gasteiger charge is -2.22. The molecule has 2 aliphatic rings. The van der Waals surface area contributed by atoms with E-state index >= 15 is 0 Å². The standard InChI is InChI=1S/C74H44/c1-41-17-3-7-23-45(41)63-51-27-11-13-29-53(51)67(49-31-15-21-43-19-5-9-25-47(43)49)73-61-39-35-57-56-34-38-60-70-62(40-36-58(66(56)70)55-33-37-59(71(63)73)69(61)65(55)57)74-68(50-32-16-22-44-20-6-10-26-48(44)50)54-30-14-12-28-52(54)64(72(60)74)46-24-8-4-18-42(46)2/h3-40H,1-2H3. The zero-order valence-corrected chi connectivity index (χ0v) is 40.9. The molecule has 0 atom stereocenters. The highest BCUT2D eigenvalue weighted by atomic mass is 14.4. The molecule has 0 radical (unpaired) electrons. The van der Waals surface area contributed by atoms with Gasteiger partial charge in [0.25, 0.3) is 0 Å². The first-order valence-corrected chi connectivity index (χ1v) is 26.1. The number of benzene rings is 15. The second-order valence-electron chi connectivity index (χ2n) is 20.9. The molecule has 15 aromatic rings. The lowest BCUT2D eigenvalue weighted by atomic mass is 9.81. The molecule has 0 aliphatic heterocycles. The highest BCUT2D eigenvalue weighted by Crippen LogP contribution is 2.63. The van der Waals surface area contributed by atoms with Crippen LogP contribution in [0.3, 0.4) is 0 Å². The summed E-state index contributed by atoms with van der Waals surface area (Å²) in [6, 6.07) is 87.7. The van der Waals surface area contributed by atoms with Gasteiger partial charge < -0.3 is 0 Å². The number of fused-ring (bicyclic) bond motifs is 12. The van der Waals surface area contributed by atoms with Gasteiger partial charge in [0.05, 0.1) is 0 Å². The highest BCUT2D eigenvalue weighted by Gasteiger charge is 2.36. The van der Waals surface area contributed by atoms with Crippen LogP contribution in [0.15, 0.2) is 231 Å². The van der Waals surface area contributed by atoms with E-state index < -0.39 is 0 Å². The summed E-state index contributed by atoms with van der Waals surface area (Å²) in [5, 5.41) is 20.9. The van der Waals surface area contributed by atoms with Crippen molar-refractivity contribution in [3.05, 3.63) is 242 Å². The van der Waals surface area contributed by atoms with Crippen molar-refractivity contribution in [2.24, 2.45) is 0 Å². The van der Waals surface area contributed by atoms with Gasteiger partial charge in [-0.3, -0.25) is 0 Å². The van der Waals surface area contributed by atoms with Crippen LogP contribution in [-0.4, -0.2) is 0 Å². The van der Waals surface area contributed by atoms with Crippen LogP contribution in [0.5, 0.6) is 0 Å². The van der Waals surface area contributed by atoms with Gasteiger partial charge >= 0.3 is 0 Å². The van der Waals surface area contributed by atoms with Crippen LogP contribution in [0.25, 0.3) is 175 Å². The van der Waals surface area contributed by atoms with E-state index in [1.54, 1.807) is 0 Å². The van der Waals surface area contributed by atoms with Crippen molar-refractivity contribution in [1.29, 1.82) is 0 Å². The van der Waals surface area contributed by atoms with Crippen LogP contribution in [0.4, 0.5) is 0 Å². The predicted molar refractivity (Wildman–Crippen MR) is 318 cm³/mol. The third-order valence-corrected chi connectivity index (χ3v) is 17.4. The van der Waals surface area contributed by atoms with Crippen LogP contribution in [0, 0.1) is 13.8 Å².